The molecular weight excluding hydrogens is 520 g/mol. The van der Waals surface area contributed by atoms with Crippen molar-refractivity contribution in [3.63, 3.8) is 0 Å². The van der Waals surface area contributed by atoms with E-state index in [1.165, 1.54) is 38.5 Å². The first-order valence-corrected chi connectivity index (χ1v) is 15.1. The van der Waals surface area contributed by atoms with Crippen molar-refractivity contribution in [1.82, 2.24) is 0 Å². The van der Waals surface area contributed by atoms with E-state index >= 15 is 0 Å². The summed E-state index contributed by atoms with van der Waals surface area (Å²) < 4.78 is 0. The molecule has 4 unspecified atom stereocenters. The van der Waals surface area contributed by atoms with Gasteiger partial charge >= 0.3 is 5.97 Å². The Hall–Kier alpha value is -1.11. The molecule has 0 aromatic carbocycles. The number of rotatable bonds is 27. The number of carboxylic acid groups (broad SMARTS) is 1. The third-order valence-corrected chi connectivity index (χ3v) is 8.11. The summed E-state index contributed by atoms with van der Waals surface area (Å²) in [4.78, 5) is 13.0. The predicted molar refractivity (Wildman–Crippen MR) is 154 cm³/mol. The molecule has 40 heavy (non-hydrogen) atoms. The van der Waals surface area contributed by atoms with Gasteiger partial charge in [-0.3, -0.25) is 4.79 Å². The van der Waals surface area contributed by atoms with Crippen molar-refractivity contribution in [3.8, 4) is 0 Å². The number of aliphatic carboxylic acids is 1. The smallest absolute Gasteiger partial charge is 0.310 e. The molecule has 238 valence electrons. The zero-order valence-corrected chi connectivity index (χ0v) is 24.5. The Bertz CT molecular complexity index is 632. The molecular formula is C30H58O10. The summed E-state index contributed by atoms with van der Waals surface area (Å²) in [5.74, 6) is -1.43. The molecule has 0 radical (unpaired) electrons. The summed E-state index contributed by atoms with van der Waals surface area (Å²) in [6.45, 7) is -0.666. The Balaban J connectivity index is 5.77. The van der Waals surface area contributed by atoms with Crippen LogP contribution in [0.15, 0.2) is 12.2 Å². The molecule has 0 heterocycles. The van der Waals surface area contributed by atoms with E-state index in [1.54, 1.807) is 0 Å². The van der Waals surface area contributed by atoms with Gasteiger partial charge in [0, 0.05) is 0 Å². The molecule has 10 heteroatoms. The Morgan fingerprint density at radius 2 is 0.975 bits per heavy atom. The fourth-order valence-corrected chi connectivity index (χ4v) is 5.98. The Morgan fingerprint density at radius 1 is 0.600 bits per heavy atom. The molecule has 0 aromatic rings. The summed E-state index contributed by atoms with van der Waals surface area (Å²) in [6.07, 6.45) is 8.49. The van der Waals surface area contributed by atoms with Gasteiger partial charge in [-0.15, -0.1) is 0 Å². The van der Waals surface area contributed by atoms with Crippen molar-refractivity contribution < 1.29 is 50.8 Å². The summed E-state index contributed by atoms with van der Waals surface area (Å²) >= 11 is 0. The highest BCUT2D eigenvalue weighted by molar-refractivity contribution is 5.76. The second kappa shape index (κ2) is 22.5. The first kappa shape index (κ1) is 38.9. The van der Waals surface area contributed by atoms with Gasteiger partial charge < -0.3 is 46.0 Å². The van der Waals surface area contributed by atoms with Crippen LogP contribution in [-0.2, 0) is 4.79 Å². The zero-order chi connectivity index (χ0) is 30.4. The van der Waals surface area contributed by atoms with E-state index < -0.39 is 80.5 Å². The van der Waals surface area contributed by atoms with Crippen LogP contribution in [0.1, 0.15) is 110 Å². The maximum absolute atomic E-state index is 13.0. The molecule has 0 aliphatic heterocycles. The van der Waals surface area contributed by atoms with Gasteiger partial charge in [0.05, 0.1) is 56.3 Å². The second-order valence-corrected chi connectivity index (χ2v) is 11.5. The molecule has 10 nitrogen and oxygen atoms in total. The molecule has 0 aromatic heterocycles. The van der Waals surface area contributed by atoms with Crippen LogP contribution in [0, 0.1) is 10.8 Å². The monoisotopic (exact) mass is 578 g/mol. The van der Waals surface area contributed by atoms with E-state index in [2.05, 4.69) is 19.1 Å². The molecule has 0 aliphatic rings. The van der Waals surface area contributed by atoms with Crippen molar-refractivity contribution in [3.05, 3.63) is 12.2 Å². The van der Waals surface area contributed by atoms with Crippen LogP contribution in [-0.4, -0.2) is 103 Å². The van der Waals surface area contributed by atoms with Crippen LogP contribution >= 0.6 is 0 Å². The largest absolute Gasteiger partial charge is 0.481 e. The van der Waals surface area contributed by atoms with Crippen molar-refractivity contribution in [2.24, 2.45) is 10.8 Å². The van der Waals surface area contributed by atoms with E-state index in [0.717, 1.165) is 19.3 Å². The molecule has 0 saturated heterocycles. The fourth-order valence-electron chi connectivity index (χ4n) is 5.98. The van der Waals surface area contributed by atoms with E-state index in [1.807, 2.05) is 0 Å². The lowest BCUT2D eigenvalue weighted by Gasteiger charge is -2.51. The minimum Gasteiger partial charge on any atom is -0.481 e. The van der Waals surface area contributed by atoms with Crippen molar-refractivity contribution in [2.75, 3.05) is 26.4 Å². The van der Waals surface area contributed by atoms with Crippen LogP contribution in [0.25, 0.3) is 0 Å². The summed E-state index contributed by atoms with van der Waals surface area (Å²) in [6, 6.07) is 0. The first-order chi connectivity index (χ1) is 19.1. The zero-order valence-electron chi connectivity index (χ0n) is 24.5. The highest BCUT2D eigenvalue weighted by Crippen LogP contribution is 2.56. The first-order valence-electron chi connectivity index (χ1n) is 15.1. The number of hydrogen-bond acceptors (Lipinski definition) is 9. The topological polar surface area (TPSA) is 199 Å². The summed E-state index contributed by atoms with van der Waals surface area (Å²) in [7, 11) is 0. The standard InChI is InChI=1S/C30H58O10/c1-2-3-4-5-6-7-8-9-10-11-12-13-14-15-29(16-24(35)20-31,17-25(36)21-32)30(28(39)40,18-26(37)22-33)19-27(38)23-34/h9-10,24-27,31-38H,2-8,11-23H2,1H3,(H,39,40). The Labute approximate surface area is 240 Å². The summed E-state index contributed by atoms with van der Waals surface area (Å²) in [5.41, 5.74) is -3.50. The van der Waals surface area contributed by atoms with Gasteiger partial charge in [-0.25, -0.2) is 0 Å². The number of hydrogen-bond donors (Lipinski definition) is 9. The molecule has 4 atom stereocenters. The predicted octanol–water partition coefficient (Wildman–Crippen LogP) is 2.27. The van der Waals surface area contributed by atoms with Gasteiger partial charge in [0.15, 0.2) is 0 Å². The molecule has 0 bridgehead atoms. The number of aliphatic hydroxyl groups excluding tert-OH is 8. The molecule has 0 aliphatic carbocycles. The van der Waals surface area contributed by atoms with Crippen LogP contribution in [0.4, 0.5) is 0 Å². The van der Waals surface area contributed by atoms with Crippen LogP contribution in [0.2, 0.25) is 0 Å². The highest BCUT2D eigenvalue weighted by atomic mass is 16.4. The van der Waals surface area contributed by atoms with Gasteiger partial charge in [0.2, 0.25) is 0 Å². The molecule has 0 saturated carbocycles. The number of allylic oxidation sites excluding steroid dienone is 2. The average molecular weight is 579 g/mol. The summed E-state index contributed by atoms with van der Waals surface area (Å²) in [5, 5.41) is 90.6. The molecule has 0 amide bonds. The average Bonchev–Trinajstić information content (AvgIpc) is 2.94. The molecule has 0 rings (SSSR count). The highest BCUT2D eigenvalue weighted by Gasteiger charge is 2.58. The quantitative estimate of drug-likeness (QED) is 0.0514. The van der Waals surface area contributed by atoms with Gasteiger partial charge in [-0.1, -0.05) is 64.0 Å². The van der Waals surface area contributed by atoms with Gasteiger partial charge in [-0.05, 0) is 63.2 Å². The lowest BCUT2D eigenvalue weighted by Crippen LogP contribution is -2.55. The molecule has 0 spiro atoms. The van der Waals surface area contributed by atoms with Crippen molar-refractivity contribution in [2.45, 2.75) is 134 Å². The normalized spacial score (nSPS) is 18.2. The van der Waals surface area contributed by atoms with E-state index in [9.17, 15) is 50.8 Å². The maximum atomic E-state index is 13.0. The minimum atomic E-state index is -2.00. The minimum absolute atomic E-state index is 0.144. The second-order valence-electron chi connectivity index (χ2n) is 11.5. The van der Waals surface area contributed by atoms with E-state index in [-0.39, 0.29) is 19.3 Å². The van der Waals surface area contributed by atoms with Gasteiger partial charge in [-0.2, -0.15) is 0 Å². The number of unbranched alkanes of at least 4 members (excludes halogenated alkanes) is 9. The third-order valence-electron chi connectivity index (χ3n) is 8.11. The van der Waals surface area contributed by atoms with Crippen LogP contribution < -0.4 is 0 Å². The number of carbonyl (C=O) groups is 1. The fraction of sp³-hybridized carbons (Fsp3) is 0.900. The maximum Gasteiger partial charge on any atom is 0.310 e. The van der Waals surface area contributed by atoms with Gasteiger partial charge in [0.1, 0.15) is 0 Å². The lowest BCUT2D eigenvalue weighted by molar-refractivity contribution is -0.178. The van der Waals surface area contributed by atoms with Crippen molar-refractivity contribution >= 4 is 5.97 Å². The number of aliphatic hydroxyl groups is 8. The van der Waals surface area contributed by atoms with Crippen LogP contribution in [0.3, 0.4) is 0 Å². The van der Waals surface area contributed by atoms with Gasteiger partial charge in [0.25, 0.3) is 0 Å². The van der Waals surface area contributed by atoms with E-state index in [0.29, 0.717) is 12.8 Å². The van der Waals surface area contributed by atoms with Crippen LogP contribution in [0.5, 0.6) is 0 Å². The molecule has 0 fully saturated rings. The Kier molecular flexibility index (Phi) is 21.9. The van der Waals surface area contributed by atoms with Crippen molar-refractivity contribution in [1.29, 1.82) is 0 Å². The SMILES string of the molecule is CCCCCCCCC=CCCCCCC(CC(O)CO)(CC(O)CO)C(CC(O)CO)(CC(O)CO)C(=O)O. The lowest BCUT2D eigenvalue weighted by atomic mass is 9.52. The third kappa shape index (κ3) is 14.2. The molecule has 9 N–H and O–H groups in total. The number of carboxylic acids is 1. The van der Waals surface area contributed by atoms with E-state index in [4.69, 9.17) is 0 Å². The Morgan fingerprint density at radius 3 is 1.38 bits per heavy atom.